The van der Waals surface area contributed by atoms with Crippen molar-refractivity contribution in [3.05, 3.63) is 10.6 Å². The van der Waals surface area contributed by atoms with Gasteiger partial charge in [-0.05, 0) is 31.5 Å². The fourth-order valence-electron chi connectivity index (χ4n) is 3.32. The third-order valence-corrected chi connectivity index (χ3v) is 4.69. The molecule has 6 nitrogen and oxygen atoms in total. The Kier molecular flexibility index (Phi) is 4.12. The highest BCUT2D eigenvalue weighted by Crippen LogP contribution is 2.38. The lowest BCUT2D eigenvalue weighted by atomic mass is 9.88. The largest absolute Gasteiger partial charge is 0.374 e. The van der Waals surface area contributed by atoms with Gasteiger partial charge in [0.1, 0.15) is 5.82 Å². The Balaban J connectivity index is 1.53. The lowest BCUT2D eigenvalue weighted by Crippen LogP contribution is -2.37. The number of fused-ring (bicyclic) bond motifs is 2. The van der Waals surface area contributed by atoms with E-state index in [9.17, 15) is 4.79 Å². The number of hydrogen-bond donors (Lipinski definition) is 2. The molecule has 2 fully saturated rings. The van der Waals surface area contributed by atoms with Gasteiger partial charge in [-0.25, -0.2) is 0 Å². The number of carbonyl (C=O) groups is 1. The minimum absolute atomic E-state index is 0.0330. The van der Waals surface area contributed by atoms with Gasteiger partial charge in [0.2, 0.25) is 5.91 Å². The molecule has 0 unspecified atom stereocenters. The summed E-state index contributed by atoms with van der Waals surface area (Å²) in [5.41, 5.74) is 0. The first-order chi connectivity index (χ1) is 10.1. The number of nitrogens with one attached hydrogen (secondary N) is 2. The van der Waals surface area contributed by atoms with Crippen LogP contribution in [-0.2, 0) is 16.1 Å². The van der Waals surface area contributed by atoms with Gasteiger partial charge in [0.25, 0.3) is 0 Å². The van der Waals surface area contributed by atoms with Crippen molar-refractivity contribution in [2.45, 2.75) is 57.8 Å². The molecule has 7 heteroatoms. The van der Waals surface area contributed by atoms with Crippen LogP contribution in [0.2, 0.25) is 0 Å². The molecule has 0 spiro atoms. The van der Waals surface area contributed by atoms with E-state index in [1.54, 1.807) is 0 Å². The molecule has 1 aromatic heterocycles. The maximum atomic E-state index is 12.2. The van der Waals surface area contributed by atoms with Crippen molar-refractivity contribution < 1.29 is 9.53 Å². The molecule has 2 N–H and O–H groups in total. The topological polar surface area (TPSA) is 71.9 Å². The summed E-state index contributed by atoms with van der Waals surface area (Å²) in [6.45, 7) is 5.37. The van der Waals surface area contributed by atoms with Crippen LogP contribution < -0.4 is 5.32 Å². The van der Waals surface area contributed by atoms with Crippen LogP contribution in [0.5, 0.6) is 0 Å². The summed E-state index contributed by atoms with van der Waals surface area (Å²) >= 11 is 5.23. The number of nitrogens with zero attached hydrogens (tertiary/aromatic N) is 2. The molecule has 1 amide bonds. The Morgan fingerprint density at radius 2 is 2.38 bits per heavy atom. The molecule has 2 saturated heterocycles. The van der Waals surface area contributed by atoms with Gasteiger partial charge in [-0.1, -0.05) is 13.8 Å². The fourth-order valence-corrected chi connectivity index (χ4v) is 3.55. The van der Waals surface area contributed by atoms with Crippen LogP contribution >= 0.6 is 12.2 Å². The van der Waals surface area contributed by atoms with E-state index in [0.29, 0.717) is 29.9 Å². The van der Waals surface area contributed by atoms with Crippen molar-refractivity contribution in [1.29, 1.82) is 0 Å². The number of ether oxygens (including phenoxy) is 1. The predicted octanol–water partition coefficient (Wildman–Crippen LogP) is 1.75. The van der Waals surface area contributed by atoms with Crippen molar-refractivity contribution in [3.8, 4) is 0 Å². The highest BCUT2D eigenvalue weighted by molar-refractivity contribution is 7.71. The Morgan fingerprint density at radius 1 is 1.57 bits per heavy atom. The van der Waals surface area contributed by atoms with Crippen LogP contribution in [0.1, 0.15) is 44.9 Å². The zero-order valence-electron chi connectivity index (χ0n) is 12.5. The SMILES string of the molecule is CC(C)c1n[nH]c(=S)n1CCNC(=O)[C@@H]1C[C@H]2CC[C@H]1O2. The van der Waals surface area contributed by atoms with Crippen LogP contribution in [-0.4, -0.2) is 39.4 Å². The summed E-state index contributed by atoms with van der Waals surface area (Å²) in [4.78, 5) is 12.2. The Hall–Kier alpha value is -1.21. The molecule has 3 atom stereocenters. The van der Waals surface area contributed by atoms with Gasteiger partial charge >= 0.3 is 0 Å². The standard InChI is InChI=1S/C14H22N4O2S/c1-8(2)12-16-17-14(21)18(12)6-5-15-13(19)10-7-9-3-4-11(10)20-9/h8-11H,3-7H2,1-2H3,(H,15,19)(H,17,21)/t9-,10-,11-/m1/s1. The van der Waals surface area contributed by atoms with E-state index in [4.69, 9.17) is 17.0 Å². The molecular formula is C14H22N4O2S. The second-order valence-corrected chi connectivity index (χ2v) is 6.59. The highest BCUT2D eigenvalue weighted by atomic mass is 32.1. The minimum Gasteiger partial charge on any atom is -0.374 e. The van der Waals surface area contributed by atoms with Gasteiger partial charge in [-0.3, -0.25) is 9.89 Å². The number of amides is 1. The minimum atomic E-state index is 0.0330. The van der Waals surface area contributed by atoms with Gasteiger partial charge in [-0.2, -0.15) is 5.10 Å². The van der Waals surface area contributed by atoms with Gasteiger partial charge < -0.3 is 14.6 Å². The lowest BCUT2D eigenvalue weighted by molar-refractivity contribution is -0.126. The Morgan fingerprint density at radius 3 is 3.00 bits per heavy atom. The van der Waals surface area contributed by atoms with E-state index in [2.05, 4.69) is 29.4 Å². The number of aromatic amines is 1. The maximum absolute atomic E-state index is 12.2. The molecule has 0 radical (unpaired) electrons. The summed E-state index contributed by atoms with van der Waals surface area (Å²) in [5, 5.41) is 10.1. The fraction of sp³-hybridized carbons (Fsp3) is 0.786. The summed E-state index contributed by atoms with van der Waals surface area (Å²) in [7, 11) is 0. The number of hydrogen-bond acceptors (Lipinski definition) is 4. The van der Waals surface area contributed by atoms with E-state index in [1.165, 1.54) is 0 Å². The quantitative estimate of drug-likeness (QED) is 0.813. The van der Waals surface area contributed by atoms with E-state index in [0.717, 1.165) is 25.1 Å². The van der Waals surface area contributed by atoms with Gasteiger partial charge in [0.05, 0.1) is 18.1 Å². The first kappa shape index (κ1) is 14.7. The Labute approximate surface area is 129 Å². The van der Waals surface area contributed by atoms with Crippen molar-refractivity contribution in [3.63, 3.8) is 0 Å². The van der Waals surface area contributed by atoms with Gasteiger partial charge in [0.15, 0.2) is 4.77 Å². The monoisotopic (exact) mass is 310 g/mol. The van der Waals surface area contributed by atoms with Crippen LogP contribution in [0.15, 0.2) is 0 Å². The van der Waals surface area contributed by atoms with Crippen LogP contribution in [0, 0.1) is 10.7 Å². The molecule has 116 valence electrons. The highest BCUT2D eigenvalue weighted by Gasteiger charge is 2.44. The molecular weight excluding hydrogens is 288 g/mol. The number of H-pyrrole nitrogens is 1. The number of carbonyl (C=O) groups excluding carboxylic acids is 1. The van der Waals surface area contributed by atoms with E-state index in [-0.39, 0.29) is 17.9 Å². The second-order valence-electron chi connectivity index (χ2n) is 6.20. The molecule has 0 aromatic carbocycles. The second kappa shape index (κ2) is 5.88. The van der Waals surface area contributed by atoms with E-state index in [1.807, 2.05) is 4.57 Å². The smallest absolute Gasteiger partial charge is 0.225 e. The van der Waals surface area contributed by atoms with E-state index < -0.39 is 0 Å². The van der Waals surface area contributed by atoms with Crippen LogP contribution in [0.25, 0.3) is 0 Å². The first-order valence-corrected chi connectivity index (χ1v) is 8.05. The third-order valence-electron chi connectivity index (χ3n) is 4.38. The van der Waals surface area contributed by atoms with Gasteiger partial charge in [0, 0.05) is 19.0 Å². The third kappa shape index (κ3) is 2.89. The summed E-state index contributed by atoms with van der Waals surface area (Å²) in [6, 6.07) is 0. The molecule has 1 aromatic rings. The van der Waals surface area contributed by atoms with Crippen LogP contribution in [0.3, 0.4) is 0 Å². The van der Waals surface area contributed by atoms with Gasteiger partial charge in [-0.15, -0.1) is 0 Å². The van der Waals surface area contributed by atoms with E-state index >= 15 is 0 Å². The average molecular weight is 310 g/mol. The number of rotatable bonds is 5. The first-order valence-electron chi connectivity index (χ1n) is 7.64. The number of aromatic nitrogens is 3. The van der Waals surface area contributed by atoms with Crippen LogP contribution in [0.4, 0.5) is 0 Å². The Bertz CT molecular complexity index is 580. The summed E-state index contributed by atoms with van der Waals surface area (Å²) in [5.74, 6) is 1.37. The van der Waals surface area contributed by atoms with Crippen molar-refractivity contribution >= 4 is 18.1 Å². The van der Waals surface area contributed by atoms with Crippen molar-refractivity contribution in [2.24, 2.45) is 5.92 Å². The molecule has 0 aliphatic carbocycles. The molecule has 0 saturated carbocycles. The average Bonchev–Trinajstić information content (AvgIpc) is 3.14. The van der Waals surface area contributed by atoms with Crippen molar-refractivity contribution in [2.75, 3.05) is 6.54 Å². The summed E-state index contributed by atoms with van der Waals surface area (Å²) in [6.07, 6.45) is 3.44. The molecule has 3 heterocycles. The lowest BCUT2D eigenvalue weighted by Gasteiger charge is -2.18. The summed E-state index contributed by atoms with van der Waals surface area (Å²) < 4.78 is 8.29. The zero-order chi connectivity index (χ0) is 15.0. The predicted molar refractivity (Wildman–Crippen MR) is 80.5 cm³/mol. The molecule has 2 aliphatic rings. The molecule has 2 aliphatic heterocycles. The normalized spacial score (nSPS) is 27.5. The molecule has 2 bridgehead atoms. The molecule has 3 rings (SSSR count). The molecule has 21 heavy (non-hydrogen) atoms. The van der Waals surface area contributed by atoms with Crippen molar-refractivity contribution in [1.82, 2.24) is 20.1 Å². The maximum Gasteiger partial charge on any atom is 0.225 e. The zero-order valence-corrected chi connectivity index (χ0v) is 13.3.